The fourth-order valence-electron chi connectivity index (χ4n) is 9.98. The minimum Gasteiger partial charge on any atom is -0.456 e. The summed E-state index contributed by atoms with van der Waals surface area (Å²) < 4.78 is 20.2. The second kappa shape index (κ2) is 14.3. The van der Waals surface area contributed by atoms with Crippen LogP contribution in [0.3, 0.4) is 0 Å². The summed E-state index contributed by atoms with van der Waals surface area (Å²) >= 11 is 0. The van der Waals surface area contributed by atoms with Gasteiger partial charge in [0.2, 0.25) is 0 Å². The summed E-state index contributed by atoms with van der Waals surface area (Å²) in [5.41, 5.74) is 14.5. The van der Waals surface area contributed by atoms with Crippen molar-refractivity contribution < 1.29 is 13.9 Å². The SMILES string of the molecule is c1ccc(-c2nc(-c3ccc(-c4cccc5c4Oc4c(ccc6c4-c4ccccc4C6(c4ccccc4)c4ccccc4)O5)cc3)cc(-c3ccc4c(c3)oc3ccccc34)n2)cc1. The van der Waals surface area contributed by atoms with Crippen molar-refractivity contribution in [3.8, 4) is 79.2 Å². The summed E-state index contributed by atoms with van der Waals surface area (Å²) in [4.78, 5) is 10.2. The van der Waals surface area contributed by atoms with Gasteiger partial charge in [0.05, 0.1) is 16.8 Å². The summed E-state index contributed by atoms with van der Waals surface area (Å²) in [5.74, 6) is 3.42. The molecule has 0 spiro atoms. The lowest BCUT2D eigenvalue weighted by Gasteiger charge is -2.34. The number of rotatable bonds is 6. The molecule has 0 bridgehead atoms. The predicted octanol–water partition coefficient (Wildman–Crippen LogP) is 15.3. The highest BCUT2D eigenvalue weighted by Gasteiger charge is 2.48. The van der Waals surface area contributed by atoms with E-state index < -0.39 is 5.41 Å². The summed E-state index contributed by atoms with van der Waals surface area (Å²) in [6, 6.07) is 75.9. The largest absolute Gasteiger partial charge is 0.456 e. The van der Waals surface area contributed by atoms with E-state index in [2.05, 4.69) is 158 Å². The van der Waals surface area contributed by atoms with Crippen molar-refractivity contribution in [3.05, 3.63) is 241 Å². The van der Waals surface area contributed by atoms with E-state index in [0.29, 0.717) is 23.1 Å². The van der Waals surface area contributed by atoms with Crippen molar-refractivity contribution in [3.63, 3.8) is 0 Å². The highest BCUT2D eigenvalue weighted by atomic mass is 16.6. The molecule has 0 N–H and O–H groups in total. The van der Waals surface area contributed by atoms with E-state index in [9.17, 15) is 0 Å². The lowest BCUT2D eigenvalue weighted by atomic mass is 9.68. The molecule has 11 aromatic rings. The summed E-state index contributed by atoms with van der Waals surface area (Å²) in [7, 11) is 0. The fraction of sp³-hybridized carbons (Fsp3) is 0.0169. The number of fused-ring (bicyclic) bond motifs is 9. The van der Waals surface area contributed by atoms with Crippen LogP contribution in [0.5, 0.6) is 23.0 Å². The van der Waals surface area contributed by atoms with Crippen LogP contribution in [-0.2, 0) is 5.41 Å². The number of nitrogens with zero attached hydrogens (tertiary/aromatic N) is 2. The van der Waals surface area contributed by atoms with Gasteiger partial charge in [-0.25, -0.2) is 9.97 Å². The molecule has 1 aliphatic carbocycles. The van der Waals surface area contributed by atoms with E-state index in [1.165, 1.54) is 16.7 Å². The summed E-state index contributed by atoms with van der Waals surface area (Å²) in [6.45, 7) is 0. The fourth-order valence-corrected chi connectivity index (χ4v) is 9.98. The lowest BCUT2D eigenvalue weighted by molar-refractivity contribution is 0.361. The maximum Gasteiger partial charge on any atom is 0.178 e. The van der Waals surface area contributed by atoms with Crippen molar-refractivity contribution in [2.75, 3.05) is 0 Å². The Morgan fingerprint density at radius 1 is 0.359 bits per heavy atom. The Hall–Kier alpha value is -8.54. The molecule has 0 unspecified atom stereocenters. The van der Waals surface area contributed by atoms with Gasteiger partial charge >= 0.3 is 0 Å². The first-order valence-electron chi connectivity index (χ1n) is 21.5. The maximum absolute atomic E-state index is 7.17. The Labute approximate surface area is 369 Å². The Morgan fingerprint density at radius 2 is 0.969 bits per heavy atom. The molecule has 0 radical (unpaired) electrons. The van der Waals surface area contributed by atoms with Crippen LogP contribution in [0.1, 0.15) is 22.3 Å². The van der Waals surface area contributed by atoms with Crippen molar-refractivity contribution in [2.24, 2.45) is 0 Å². The number of furan rings is 1. The molecule has 0 fully saturated rings. The Bertz CT molecular complexity index is 3560. The molecule has 0 saturated heterocycles. The van der Waals surface area contributed by atoms with E-state index in [0.717, 1.165) is 83.6 Å². The number of para-hydroxylation sites is 2. The molecule has 300 valence electrons. The van der Waals surface area contributed by atoms with E-state index in [-0.39, 0.29) is 0 Å². The Kier molecular flexibility index (Phi) is 8.06. The highest BCUT2D eigenvalue weighted by Crippen LogP contribution is 2.62. The third-order valence-electron chi connectivity index (χ3n) is 12.9. The van der Waals surface area contributed by atoms with Gasteiger partial charge in [0.25, 0.3) is 0 Å². The molecular weight excluding hydrogens is 785 g/mol. The minimum atomic E-state index is -0.552. The highest BCUT2D eigenvalue weighted by molar-refractivity contribution is 6.06. The van der Waals surface area contributed by atoms with Crippen molar-refractivity contribution in [1.29, 1.82) is 0 Å². The third kappa shape index (κ3) is 5.51. The maximum atomic E-state index is 7.17. The monoisotopic (exact) mass is 820 g/mol. The normalized spacial score (nSPS) is 13.1. The zero-order valence-corrected chi connectivity index (χ0v) is 34.4. The van der Waals surface area contributed by atoms with E-state index in [1.807, 2.05) is 60.7 Å². The molecule has 9 aromatic carbocycles. The number of benzene rings is 9. The average molecular weight is 821 g/mol. The molecule has 64 heavy (non-hydrogen) atoms. The van der Waals surface area contributed by atoms with Gasteiger partial charge in [-0.05, 0) is 69.8 Å². The van der Waals surface area contributed by atoms with E-state index in [4.69, 9.17) is 23.9 Å². The predicted molar refractivity (Wildman–Crippen MR) is 255 cm³/mol. The average Bonchev–Trinajstić information content (AvgIpc) is 3.90. The zero-order valence-electron chi connectivity index (χ0n) is 34.4. The molecule has 5 heteroatoms. The van der Waals surface area contributed by atoms with Gasteiger partial charge in [-0.3, -0.25) is 0 Å². The molecular formula is C59H36N2O3. The Balaban J connectivity index is 0.904. The van der Waals surface area contributed by atoms with Crippen molar-refractivity contribution in [1.82, 2.24) is 9.97 Å². The van der Waals surface area contributed by atoms with Gasteiger partial charge in [0.1, 0.15) is 11.2 Å². The summed E-state index contributed by atoms with van der Waals surface area (Å²) in [5, 5.41) is 2.18. The van der Waals surface area contributed by atoms with Gasteiger partial charge in [-0.15, -0.1) is 0 Å². The molecule has 5 nitrogen and oxygen atoms in total. The second-order valence-electron chi connectivity index (χ2n) is 16.4. The number of ether oxygens (including phenoxy) is 2. The van der Waals surface area contributed by atoms with Crippen LogP contribution in [0.2, 0.25) is 0 Å². The third-order valence-corrected chi connectivity index (χ3v) is 12.9. The molecule has 1 aliphatic heterocycles. The first kappa shape index (κ1) is 36.1. The molecule has 2 aromatic heterocycles. The number of hydrogen-bond acceptors (Lipinski definition) is 5. The molecule has 0 amide bonds. The van der Waals surface area contributed by atoms with Gasteiger partial charge in [0, 0.05) is 38.6 Å². The molecule has 0 atom stereocenters. The quantitative estimate of drug-likeness (QED) is 0.167. The Morgan fingerprint density at radius 3 is 1.75 bits per heavy atom. The van der Waals surface area contributed by atoms with Crippen molar-refractivity contribution in [2.45, 2.75) is 5.41 Å². The van der Waals surface area contributed by atoms with E-state index >= 15 is 0 Å². The van der Waals surface area contributed by atoms with Crippen LogP contribution >= 0.6 is 0 Å². The van der Waals surface area contributed by atoms with Crippen molar-refractivity contribution >= 4 is 21.9 Å². The standard InChI is InChI=1S/C59H36N2O3/c1-4-15-39(16-5-1)58-60-49(36-50(61-58)40-31-32-45-44-21-11-13-25-51(44)62-54(45)35-40)38-29-27-37(28-30-38)43-23-14-26-52-56(43)64-57-53(63-52)34-33-48-55(57)46-22-10-12-24-47(46)59(48,41-17-6-2-7-18-41)42-19-8-3-9-20-42/h1-36H. The topological polar surface area (TPSA) is 57.4 Å². The van der Waals surface area contributed by atoms with Gasteiger partial charge in [0.15, 0.2) is 28.8 Å². The first-order valence-corrected chi connectivity index (χ1v) is 21.5. The number of hydrogen-bond donors (Lipinski definition) is 0. The minimum absolute atomic E-state index is 0.552. The van der Waals surface area contributed by atoms with Crippen LogP contribution in [0.25, 0.3) is 78.1 Å². The van der Waals surface area contributed by atoms with Crippen LogP contribution in [0.4, 0.5) is 0 Å². The molecule has 3 heterocycles. The van der Waals surface area contributed by atoms with Crippen LogP contribution in [0, 0.1) is 0 Å². The second-order valence-corrected chi connectivity index (χ2v) is 16.4. The molecule has 13 rings (SSSR count). The lowest BCUT2D eigenvalue weighted by Crippen LogP contribution is -2.28. The number of aromatic nitrogens is 2. The van der Waals surface area contributed by atoms with Crippen LogP contribution in [-0.4, -0.2) is 9.97 Å². The van der Waals surface area contributed by atoms with E-state index in [1.54, 1.807) is 0 Å². The van der Waals surface area contributed by atoms with Gasteiger partial charge < -0.3 is 13.9 Å². The molecule has 2 aliphatic rings. The van der Waals surface area contributed by atoms with Crippen LogP contribution < -0.4 is 9.47 Å². The zero-order chi connectivity index (χ0) is 42.2. The molecule has 0 saturated carbocycles. The van der Waals surface area contributed by atoms with Crippen LogP contribution in [0.15, 0.2) is 223 Å². The van der Waals surface area contributed by atoms with Gasteiger partial charge in [-0.1, -0.05) is 182 Å². The smallest absolute Gasteiger partial charge is 0.178 e. The summed E-state index contributed by atoms with van der Waals surface area (Å²) in [6.07, 6.45) is 0. The van der Waals surface area contributed by atoms with Gasteiger partial charge in [-0.2, -0.15) is 0 Å². The first-order chi connectivity index (χ1) is 31.7.